The highest BCUT2D eigenvalue weighted by atomic mass is 16.4. The molecule has 0 amide bonds. The number of carboxylic acids is 1. The van der Waals surface area contributed by atoms with Crippen molar-refractivity contribution in [3.8, 4) is 0 Å². The van der Waals surface area contributed by atoms with Crippen LogP contribution in [0.1, 0.15) is 17.7 Å². The second-order valence-electron chi connectivity index (χ2n) is 5.17. The lowest BCUT2D eigenvalue weighted by atomic mass is 10.0. The fourth-order valence-electron chi connectivity index (χ4n) is 2.41. The predicted octanol–water partition coefficient (Wildman–Crippen LogP) is 0.365. The molecular formula is C13H20N4O2. The maximum atomic E-state index is 11.1. The molecule has 0 bridgehead atoms. The third kappa shape index (κ3) is 2.85. The van der Waals surface area contributed by atoms with Gasteiger partial charge in [0.05, 0.1) is 12.2 Å². The van der Waals surface area contributed by atoms with Gasteiger partial charge in [0.25, 0.3) is 0 Å². The van der Waals surface area contributed by atoms with E-state index in [-0.39, 0.29) is 0 Å². The molecule has 1 fully saturated rings. The summed E-state index contributed by atoms with van der Waals surface area (Å²) in [6.07, 6.45) is 4.26. The summed E-state index contributed by atoms with van der Waals surface area (Å²) in [5.74, 6) is -0.922. The van der Waals surface area contributed by atoms with E-state index in [2.05, 4.69) is 16.6 Å². The number of carbonyl (C=O) groups is 1. The SMILES string of the molecule is C=CCn1cc(CN2CC[C@](N)(C(=O)O)C2)c(C)n1. The van der Waals surface area contributed by atoms with Crippen molar-refractivity contribution >= 4 is 5.97 Å². The van der Waals surface area contributed by atoms with E-state index in [0.29, 0.717) is 32.6 Å². The van der Waals surface area contributed by atoms with Crippen LogP contribution in [0.5, 0.6) is 0 Å². The number of nitrogens with two attached hydrogens (primary N) is 1. The Morgan fingerprint density at radius 2 is 2.47 bits per heavy atom. The molecule has 104 valence electrons. The summed E-state index contributed by atoms with van der Waals surface area (Å²) in [4.78, 5) is 13.2. The van der Waals surface area contributed by atoms with Crippen molar-refractivity contribution in [2.75, 3.05) is 13.1 Å². The first-order valence-corrected chi connectivity index (χ1v) is 6.33. The first-order valence-electron chi connectivity index (χ1n) is 6.33. The highest BCUT2D eigenvalue weighted by molar-refractivity contribution is 5.79. The summed E-state index contributed by atoms with van der Waals surface area (Å²) in [7, 11) is 0. The second kappa shape index (κ2) is 5.14. The second-order valence-corrected chi connectivity index (χ2v) is 5.17. The number of rotatable bonds is 5. The average Bonchev–Trinajstić information content (AvgIpc) is 2.86. The van der Waals surface area contributed by atoms with Crippen molar-refractivity contribution in [3.05, 3.63) is 30.1 Å². The molecule has 1 aromatic rings. The third-order valence-electron chi connectivity index (χ3n) is 3.56. The van der Waals surface area contributed by atoms with Crippen LogP contribution in [0.2, 0.25) is 0 Å². The summed E-state index contributed by atoms with van der Waals surface area (Å²) in [6, 6.07) is 0. The van der Waals surface area contributed by atoms with E-state index in [1.165, 1.54) is 0 Å². The Hall–Kier alpha value is -1.66. The Morgan fingerprint density at radius 1 is 1.74 bits per heavy atom. The molecule has 6 heteroatoms. The van der Waals surface area contributed by atoms with Crippen LogP contribution in [0.25, 0.3) is 0 Å². The number of aromatic nitrogens is 2. The quantitative estimate of drug-likeness (QED) is 0.750. The zero-order chi connectivity index (χ0) is 14.0. The smallest absolute Gasteiger partial charge is 0.325 e. The number of aliphatic carboxylic acids is 1. The van der Waals surface area contributed by atoms with Crippen LogP contribution >= 0.6 is 0 Å². The Labute approximate surface area is 112 Å². The first kappa shape index (κ1) is 13.8. The molecule has 0 spiro atoms. The van der Waals surface area contributed by atoms with Crippen molar-refractivity contribution in [2.45, 2.75) is 32.0 Å². The molecule has 2 heterocycles. The largest absolute Gasteiger partial charge is 0.480 e. The number of carboxylic acid groups (broad SMARTS) is 1. The van der Waals surface area contributed by atoms with Gasteiger partial charge in [-0.1, -0.05) is 6.08 Å². The molecule has 3 N–H and O–H groups in total. The van der Waals surface area contributed by atoms with Gasteiger partial charge in [-0.3, -0.25) is 14.4 Å². The molecule has 0 saturated carbocycles. The molecule has 0 aromatic carbocycles. The minimum absolute atomic E-state index is 0.383. The van der Waals surface area contributed by atoms with Gasteiger partial charge in [0.2, 0.25) is 0 Å². The molecule has 1 atom stereocenters. The molecule has 1 aromatic heterocycles. The van der Waals surface area contributed by atoms with E-state index in [9.17, 15) is 4.79 Å². The predicted molar refractivity (Wildman–Crippen MR) is 71.6 cm³/mol. The van der Waals surface area contributed by atoms with Gasteiger partial charge in [0, 0.05) is 31.4 Å². The van der Waals surface area contributed by atoms with E-state index in [1.54, 1.807) is 6.08 Å². The maximum Gasteiger partial charge on any atom is 0.325 e. The number of hydrogen-bond donors (Lipinski definition) is 2. The summed E-state index contributed by atoms with van der Waals surface area (Å²) >= 11 is 0. The normalized spacial score (nSPS) is 23.7. The molecule has 0 unspecified atom stereocenters. The van der Waals surface area contributed by atoms with Crippen LogP contribution in [-0.2, 0) is 17.9 Å². The van der Waals surface area contributed by atoms with E-state index < -0.39 is 11.5 Å². The fourth-order valence-corrected chi connectivity index (χ4v) is 2.41. The standard InChI is InChI=1S/C13H20N4O2/c1-3-5-17-8-11(10(2)15-17)7-16-6-4-13(14,9-16)12(18)19/h3,8H,1,4-7,9,14H2,2H3,(H,18,19)/t13-/m1/s1. The number of likely N-dealkylation sites (tertiary alicyclic amines) is 1. The van der Waals surface area contributed by atoms with Gasteiger partial charge in [-0.25, -0.2) is 0 Å². The number of nitrogens with zero attached hydrogens (tertiary/aromatic N) is 3. The minimum atomic E-state index is -1.11. The summed E-state index contributed by atoms with van der Waals surface area (Å²) < 4.78 is 1.83. The molecule has 0 aliphatic carbocycles. The van der Waals surface area contributed by atoms with Crippen molar-refractivity contribution in [1.29, 1.82) is 0 Å². The van der Waals surface area contributed by atoms with Crippen molar-refractivity contribution in [3.63, 3.8) is 0 Å². The number of allylic oxidation sites excluding steroid dienone is 1. The molecule has 1 aliphatic rings. The monoisotopic (exact) mass is 264 g/mol. The molecule has 19 heavy (non-hydrogen) atoms. The van der Waals surface area contributed by atoms with Crippen molar-refractivity contribution in [2.24, 2.45) is 5.73 Å². The van der Waals surface area contributed by atoms with Gasteiger partial charge in [0.1, 0.15) is 5.54 Å². The lowest BCUT2D eigenvalue weighted by Crippen LogP contribution is -2.50. The van der Waals surface area contributed by atoms with Gasteiger partial charge in [0.15, 0.2) is 0 Å². The van der Waals surface area contributed by atoms with Gasteiger partial charge in [-0.05, 0) is 13.3 Å². The topological polar surface area (TPSA) is 84.4 Å². The zero-order valence-corrected chi connectivity index (χ0v) is 11.2. The van der Waals surface area contributed by atoms with Crippen LogP contribution in [0, 0.1) is 6.92 Å². The highest BCUT2D eigenvalue weighted by Crippen LogP contribution is 2.21. The molecule has 1 saturated heterocycles. The molecule has 0 radical (unpaired) electrons. The number of hydrogen-bond acceptors (Lipinski definition) is 4. The van der Waals surface area contributed by atoms with Crippen LogP contribution in [0.4, 0.5) is 0 Å². The van der Waals surface area contributed by atoms with Gasteiger partial charge in [-0.2, -0.15) is 5.10 Å². The highest BCUT2D eigenvalue weighted by Gasteiger charge is 2.41. The Kier molecular flexibility index (Phi) is 3.73. The lowest BCUT2D eigenvalue weighted by Gasteiger charge is -2.19. The van der Waals surface area contributed by atoms with Crippen LogP contribution < -0.4 is 5.73 Å². The zero-order valence-electron chi connectivity index (χ0n) is 11.2. The van der Waals surface area contributed by atoms with Crippen molar-refractivity contribution < 1.29 is 9.90 Å². The molecular weight excluding hydrogens is 244 g/mol. The minimum Gasteiger partial charge on any atom is -0.480 e. The summed E-state index contributed by atoms with van der Waals surface area (Å²) in [6.45, 7) is 8.09. The van der Waals surface area contributed by atoms with Crippen LogP contribution in [-0.4, -0.2) is 44.4 Å². The van der Waals surface area contributed by atoms with E-state index >= 15 is 0 Å². The third-order valence-corrected chi connectivity index (χ3v) is 3.56. The van der Waals surface area contributed by atoms with E-state index in [4.69, 9.17) is 10.8 Å². The van der Waals surface area contributed by atoms with Gasteiger partial charge in [-0.15, -0.1) is 6.58 Å². The Bertz CT molecular complexity index is 497. The maximum absolute atomic E-state index is 11.1. The Morgan fingerprint density at radius 3 is 3.05 bits per heavy atom. The Balaban J connectivity index is 2.03. The van der Waals surface area contributed by atoms with E-state index in [0.717, 1.165) is 11.3 Å². The van der Waals surface area contributed by atoms with Crippen LogP contribution in [0.3, 0.4) is 0 Å². The van der Waals surface area contributed by atoms with E-state index in [1.807, 2.05) is 17.8 Å². The molecule has 1 aliphatic heterocycles. The number of aryl methyl sites for hydroxylation is 1. The van der Waals surface area contributed by atoms with Crippen molar-refractivity contribution in [1.82, 2.24) is 14.7 Å². The fraction of sp³-hybridized carbons (Fsp3) is 0.538. The molecule has 2 rings (SSSR count). The van der Waals surface area contributed by atoms with Crippen LogP contribution in [0.15, 0.2) is 18.9 Å². The summed E-state index contributed by atoms with van der Waals surface area (Å²) in [5.41, 5.74) is 6.83. The van der Waals surface area contributed by atoms with Gasteiger partial charge < -0.3 is 10.8 Å². The summed E-state index contributed by atoms with van der Waals surface area (Å²) in [5, 5.41) is 13.5. The lowest BCUT2D eigenvalue weighted by molar-refractivity contribution is -0.142. The average molecular weight is 264 g/mol. The first-order chi connectivity index (χ1) is 8.94. The molecule has 6 nitrogen and oxygen atoms in total. The van der Waals surface area contributed by atoms with Gasteiger partial charge >= 0.3 is 5.97 Å².